The monoisotopic (exact) mass is 564 g/mol. The maximum absolute atomic E-state index is 12.6. The van der Waals surface area contributed by atoms with Crippen LogP contribution in [0.2, 0.25) is 0 Å². The summed E-state index contributed by atoms with van der Waals surface area (Å²) in [6, 6.07) is 0. The van der Waals surface area contributed by atoms with Crippen molar-refractivity contribution >= 4 is 65.9 Å². The van der Waals surface area contributed by atoms with Gasteiger partial charge in [-0.05, 0) is 0 Å². The zero-order valence-corrected chi connectivity index (χ0v) is 16.8. The number of nitrogens with zero attached hydrogens (tertiary/aromatic N) is 2. The summed E-state index contributed by atoms with van der Waals surface area (Å²) < 4.78 is 99.0. The van der Waals surface area contributed by atoms with Crippen LogP contribution in [0.3, 0.4) is 0 Å². The van der Waals surface area contributed by atoms with Crippen molar-refractivity contribution in [3.8, 4) is 0 Å². The summed E-state index contributed by atoms with van der Waals surface area (Å²) >= 11 is 4.95. The molecule has 2 amide bonds. The molecule has 0 aromatic heterocycles. The molecule has 154 valence electrons. The van der Waals surface area contributed by atoms with E-state index < -0.39 is 68.7 Å². The van der Waals surface area contributed by atoms with Gasteiger partial charge in [-0.2, -0.15) is 21.6 Å². The number of carbonyl (C=O) groups is 2. The Hall–Kier alpha value is -0.300. The molecular formula is C8H8Br2F6N2O6S2. The highest BCUT2D eigenvalue weighted by molar-refractivity contribution is 9.09. The molecule has 0 radical (unpaired) electrons. The minimum atomic E-state index is -6.20. The Morgan fingerprint density at radius 1 is 0.962 bits per heavy atom. The van der Waals surface area contributed by atoms with Crippen molar-refractivity contribution in [2.75, 3.05) is 23.7 Å². The normalized spacial score (nSPS) is 12.8. The second kappa shape index (κ2) is 10.3. The van der Waals surface area contributed by atoms with Gasteiger partial charge in [0.2, 0.25) is 0 Å². The first-order chi connectivity index (χ1) is 11.7. The van der Waals surface area contributed by atoms with Gasteiger partial charge < -0.3 is 0 Å². The number of halogens is 8. The first kappa shape index (κ1) is 25.7. The van der Waals surface area contributed by atoms with Crippen LogP contribution < -0.4 is 0 Å². The lowest BCUT2D eigenvalue weighted by molar-refractivity contribution is -0.440. The molecule has 0 aliphatic heterocycles. The van der Waals surface area contributed by atoms with Crippen molar-refractivity contribution in [1.82, 2.24) is 8.61 Å². The van der Waals surface area contributed by atoms with E-state index in [-0.39, 0.29) is 9.64 Å². The van der Waals surface area contributed by atoms with Crippen molar-refractivity contribution in [3.05, 3.63) is 0 Å². The van der Waals surface area contributed by atoms with E-state index >= 15 is 0 Å². The van der Waals surface area contributed by atoms with Crippen molar-refractivity contribution in [1.29, 1.82) is 0 Å². The number of sulfonamides is 1. The molecule has 0 atom stereocenters. The standard InChI is InChI=1S/C8H8Br2F6N2O6S2/c9-1-3-17(25-24-23-7(11,12)13)5(19)6(20)18(4-2-10)26(21,22)8(14,15)16/h1-4H2. The zero-order chi connectivity index (χ0) is 20.8. The van der Waals surface area contributed by atoms with Crippen molar-refractivity contribution in [3.63, 3.8) is 0 Å². The van der Waals surface area contributed by atoms with Gasteiger partial charge in [0.25, 0.3) is 0 Å². The summed E-state index contributed by atoms with van der Waals surface area (Å²) in [6.45, 7) is -1.59. The van der Waals surface area contributed by atoms with Gasteiger partial charge in [0, 0.05) is 23.7 Å². The van der Waals surface area contributed by atoms with Crippen LogP contribution in [0, 0.1) is 0 Å². The van der Waals surface area contributed by atoms with Gasteiger partial charge in [0.05, 0.1) is 0 Å². The fourth-order valence-corrected chi connectivity index (χ4v) is 3.64. The minimum Gasteiger partial charge on any atom is -0.262 e. The van der Waals surface area contributed by atoms with Crippen LogP contribution in [-0.2, 0) is 28.8 Å². The summed E-state index contributed by atoms with van der Waals surface area (Å²) in [4.78, 5) is 26.7. The molecule has 0 spiro atoms. The lowest BCUT2D eigenvalue weighted by Gasteiger charge is -2.25. The average Bonchev–Trinajstić information content (AvgIpc) is 2.48. The molecule has 0 saturated carbocycles. The Kier molecular flexibility index (Phi) is 10.2. The SMILES string of the molecule is O=C(C(=O)N(CCBr)S(=O)(=O)C(F)(F)F)N(CCBr)SOOC(F)(F)F. The van der Waals surface area contributed by atoms with E-state index in [1.165, 1.54) is 0 Å². The Morgan fingerprint density at radius 2 is 1.46 bits per heavy atom. The van der Waals surface area contributed by atoms with E-state index in [2.05, 4.69) is 41.1 Å². The Morgan fingerprint density at radius 3 is 1.85 bits per heavy atom. The molecule has 0 N–H and O–H groups in total. The second-order valence-corrected chi connectivity index (χ2v) is 7.95. The van der Waals surface area contributed by atoms with E-state index in [9.17, 15) is 44.3 Å². The Bertz CT molecular complexity index is 601. The molecule has 0 aliphatic rings. The number of rotatable bonds is 8. The van der Waals surface area contributed by atoms with Gasteiger partial charge in [-0.15, -0.1) is 22.4 Å². The lowest BCUT2D eigenvalue weighted by Crippen LogP contribution is -2.50. The zero-order valence-electron chi connectivity index (χ0n) is 12.0. The maximum atomic E-state index is 12.6. The van der Waals surface area contributed by atoms with Crippen molar-refractivity contribution < 1.29 is 53.6 Å². The minimum absolute atomic E-state index is 0.135. The number of amides is 2. The molecule has 0 saturated heterocycles. The van der Waals surface area contributed by atoms with Gasteiger partial charge in [0.15, 0.2) is 12.2 Å². The molecule has 0 unspecified atom stereocenters. The van der Waals surface area contributed by atoms with Crippen LogP contribution in [0.15, 0.2) is 0 Å². The summed E-state index contributed by atoms with van der Waals surface area (Å²) in [5.41, 5.74) is -5.88. The van der Waals surface area contributed by atoms with Crippen molar-refractivity contribution in [2.45, 2.75) is 11.9 Å². The van der Waals surface area contributed by atoms with Gasteiger partial charge in [-0.1, -0.05) is 31.9 Å². The summed E-state index contributed by atoms with van der Waals surface area (Å²) in [7, 11) is -6.20. The molecular weight excluding hydrogens is 558 g/mol. The number of hydrogen-bond donors (Lipinski definition) is 0. The highest BCUT2D eigenvalue weighted by Crippen LogP contribution is 2.28. The lowest BCUT2D eigenvalue weighted by atomic mass is 10.5. The fraction of sp³-hybridized carbons (Fsp3) is 0.750. The Labute approximate surface area is 163 Å². The van der Waals surface area contributed by atoms with E-state index in [1.54, 1.807) is 0 Å². The number of alkyl halides is 8. The molecule has 18 heteroatoms. The van der Waals surface area contributed by atoms with Crippen LogP contribution in [0.5, 0.6) is 0 Å². The summed E-state index contributed by atoms with van der Waals surface area (Å²) in [5.74, 6) is -4.03. The highest BCUT2D eigenvalue weighted by Gasteiger charge is 2.53. The van der Waals surface area contributed by atoms with Crippen LogP contribution in [0.4, 0.5) is 26.3 Å². The van der Waals surface area contributed by atoms with Crippen LogP contribution in [-0.4, -0.2) is 64.5 Å². The molecule has 0 fully saturated rings. The van der Waals surface area contributed by atoms with Crippen LogP contribution >= 0.6 is 44.1 Å². The van der Waals surface area contributed by atoms with Crippen LogP contribution in [0.1, 0.15) is 0 Å². The van der Waals surface area contributed by atoms with Crippen molar-refractivity contribution in [2.24, 2.45) is 0 Å². The first-order valence-corrected chi connectivity index (χ1v) is 10.2. The molecule has 8 nitrogen and oxygen atoms in total. The van der Waals surface area contributed by atoms with E-state index in [4.69, 9.17) is 0 Å². The first-order valence-electron chi connectivity index (χ1n) is 5.85. The molecule has 0 aliphatic carbocycles. The van der Waals surface area contributed by atoms with Gasteiger partial charge in [0.1, 0.15) is 0 Å². The van der Waals surface area contributed by atoms with Gasteiger partial charge in [-0.25, -0.2) is 4.31 Å². The fourth-order valence-electron chi connectivity index (χ4n) is 1.09. The third-order valence-corrected chi connectivity index (χ3v) is 4.92. The highest BCUT2D eigenvalue weighted by atomic mass is 79.9. The number of carbonyl (C=O) groups excluding carboxylic acids is 2. The molecule has 0 bridgehead atoms. The molecule has 0 aromatic rings. The smallest absolute Gasteiger partial charge is 0.262 e. The number of hydrogen-bond acceptors (Lipinski definition) is 7. The summed E-state index contributed by atoms with van der Waals surface area (Å²) in [5, 5.41) is -0.584. The molecule has 0 heterocycles. The third kappa shape index (κ3) is 7.75. The molecule has 0 aromatic carbocycles. The Balaban J connectivity index is 5.43. The van der Waals surface area contributed by atoms with Gasteiger partial charge in [-0.3, -0.25) is 13.9 Å². The van der Waals surface area contributed by atoms with Crippen LogP contribution in [0.25, 0.3) is 0 Å². The predicted molar refractivity (Wildman–Crippen MR) is 81.8 cm³/mol. The summed E-state index contributed by atoms with van der Waals surface area (Å²) in [6.07, 6.45) is -5.26. The second-order valence-electron chi connectivity index (χ2n) is 3.78. The van der Waals surface area contributed by atoms with E-state index in [1.807, 2.05) is 0 Å². The molecule has 26 heavy (non-hydrogen) atoms. The van der Waals surface area contributed by atoms with E-state index in [0.717, 1.165) is 0 Å². The quantitative estimate of drug-likeness (QED) is 0.0848. The maximum Gasteiger partial charge on any atom is 0.550 e. The largest absolute Gasteiger partial charge is 0.550 e. The topological polar surface area (TPSA) is 93.2 Å². The third-order valence-electron chi connectivity index (χ3n) is 2.04. The van der Waals surface area contributed by atoms with E-state index in [0.29, 0.717) is 0 Å². The van der Waals surface area contributed by atoms with Gasteiger partial charge >= 0.3 is 33.7 Å². The average molecular weight is 566 g/mol. The predicted octanol–water partition coefficient (Wildman–Crippen LogP) is 2.31. The molecule has 0 rings (SSSR count).